The second-order valence-electron chi connectivity index (χ2n) is 6.71. The van der Waals surface area contributed by atoms with E-state index in [0.29, 0.717) is 6.04 Å². The van der Waals surface area contributed by atoms with Gasteiger partial charge in [-0.05, 0) is 33.6 Å². The molecule has 2 nitrogen and oxygen atoms in total. The summed E-state index contributed by atoms with van der Waals surface area (Å²) in [5, 5.41) is 3.00. The maximum atomic E-state index is 5.48. The van der Waals surface area contributed by atoms with E-state index < -0.39 is 8.07 Å². The molecule has 2 aromatic carbocycles. The van der Waals surface area contributed by atoms with E-state index in [1.807, 2.05) is 7.11 Å². The van der Waals surface area contributed by atoms with Gasteiger partial charge in [0, 0.05) is 13.2 Å². The maximum absolute atomic E-state index is 5.48. The average Bonchev–Trinajstić information content (AvgIpc) is 3.08. The zero-order chi connectivity index (χ0) is 16.8. The quantitative estimate of drug-likeness (QED) is 0.503. The number of hydrogen-bond acceptors (Lipinski definition) is 2. The van der Waals surface area contributed by atoms with Gasteiger partial charge in [0.25, 0.3) is 0 Å². The Morgan fingerprint density at radius 3 is 2.08 bits per heavy atom. The second-order valence-corrected chi connectivity index (χ2v) is 10.7. The molecule has 0 saturated carbocycles. The van der Waals surface area contributed by atoms with Gasteiger partial charge in [-0.25, -0.2) is 0 Å². The fourth-order valence-electron chi connectivity index (χ4n) is 4.05. The maximum Gasteiger partial charge on any atom is 1.00 e. The van der Waals surface area contributed by atoms with Gasteiger partial charge >= 0.3 is 18.9 Å². The largest absolute Gasteiger partial charge is 1.00 e. The average molecular weight is 345 g/mol. The Bertz CT molecular complexity index is 583. The van der Waals surface area contributed by atoms with Gasteiger partial charge in [-0.15, -0.1) is 0 Å². The Labute approximate surface area is 165 Å². The summed E-state index contributed by atoms with van der Waals surface area (Å²) in [6, 6.07) is 25.3. The third-order valence-corrected chi connectivity index (χ3v) is 10.00. The first-order chi connectivity index (χ1) is 11.8. The van der Waals surface area contributed by atoms with Crippen LogP contribution < -0.4 is 29.2 Å². The molecule has 0 aliphatic carbocycles. The topological polar surface area (TPSA) is 12.5 Å². The monoisotopic (exact) mass is 345 g/mol. The van der Waals surface area contributed by atoms with Crippen molar-refractivity contribution >= 4 is 18.4 Å². The Morgan fingerprint density at radius 2 is 1.60 bits per heavy atom. The van der Waals surface area contributed by atoms with Crippen LogP contribution in [0.4, 0.5) is 0 Å². The second kappa shape index (κ2) is 9.76. The van der Waals surface area contributed by atoms with E-state index in [9.17, 15) is 0 Å². The van der Waals surface area contributed by atoms with Crippen molar-refractivity contribution < 1.29 is 23.6 Å². The van der Waals surface area contributed by atoms with Crippen LogP contribution in [0.25, 0.3) is 0 Å². The first kappa shape index (κ1) is 20.5. The molecule has 0 N–H and O–H groups in total. The van der Waals surface area contributed by atoms with Crippen molar-refractivity contribution in [3.63, 3.8) is 0 Å². The smallest absolute Gasteiger partial charge is 0.383 e. The van der Waals surface area contributed by atoms with Crippen LogP contribution in [0.2, 0.25) is 0 Å². The van der Waals surface area contributed by atoms with Crippen LogP contribution in [0.5, 0.6) is 0 Å². The molecule has 0 spiro atoms. The van der Waals surface area contributed by atoms with Crippen LogP contribution in [0.3, 0.4) is 0 Å². The van der Waals surface area contributed by atoms with Crippen molar-refractivity contribution in [2.45, 2.75) is 25.8 Å². The van der Waals surface area contributed by atoms with Gasteiger partial charge in [0.05, 0.1) is 6.61 Å². The Kier molecular flexibility index (Phi) is 8.00. The molecule has 0 amide bonds. The summed E-state index contributed by atoms with van der Waals surface area (Å²) in [6.07, 6.45) is 3.68. The number of benzene rings is 2. The van der Waals surface area contributed by atoms with Crippen LogP contribution in [0.1, 0.15) is 19.8 Å². The van der Waals surface area contributed by atoms with E-state index in [4.69, 9.17) is 4.74 Å². The summed E-state index contributed by atoms with van der Waals surface area (Å²) in [5.41, 5.74) is 0. The molecule has 3 rings (SSSR count). The molecule has 0 radical (unpaired) electrons. The number of rotatable bonds is 7. The number of likely N-dealkylation sites (tertiary alicyclic amines) is 1. The summed E-state index contributed by atoms with van der Waals surface area (Å²) in [6.45, 7) is 4.29. The minimum Gasteiger partial charge on any atom is -0.383 e. The molecule has 0 aromatic heterocycles. The van der Waals surface area contributed by atoms with Gasteiger partial charge in [0.1, 0.15) is 0 Å². The third-order valence-electron chi connectivity index (χ3n) is 5.38. The molecule has 0 unspecified atom stereocenters. The molecule has 1 heterocycles. The van der Waals surface area contributed by atoms with E-state index in [1.54, 1.807) is 0 Å². The Hall–Kier alpha value is -0.826. The molecule has 25 heavy (non-hydrogen) atoms. The van der Waals surface area contributed by atoms with Gasteiger partial charge in [0.15, 0.2) is 0 Å². The van der Waals surface area contributed by atoms with Crippen molar-refractivity contribution in [1.82, 2.24) is 4.90 Å². The predicted molar refractivity (Wildman–Crippen MR) is 104 cm³/mol. The van der Waals surface area contributed by atoms with Gasteiger partial charge in [-0.1, -0.05) is 71.0 Å². The predicted octanol–water partition coefficient (Wildman–Crippen LogP) is -0.333. The molecule has 128 valence electrons. The first-order valence-electron chi connectivity index (χ1n) is 8.95. The van der Waals surface area contributed by atoms with E-state index >= 15 is 0 Å². The van der Waals surface area contributed by atoms with Crippen molar-refractivity contribution in [3.8, 4) is 0 Å². The normalized spacial score (nSPS) is 18.1. The number of nitrogens with zero attached hydrogens (tertiary/aromatic N) is 1. The van der Waals surface area contributed by atoms with E-state index in [-0.39, 0.29) is 18.9 Å². The van der Waals surface area contributed by atoms with Crippen molar-refractivity contribution in [2.24, 2.45) is 0 Å². The van der Waals surface area contributed by atoms with Crippen molar-refractivity contribution in [3.05, 3.63) is 66.7 Å². The molecule has 2 aromatic rings. The molecule has 4 heteroatoms. The molecule has 0 bridgehead atoms. The van der Waals surface area contributed by atoms with Crippen LogP contribution in [0.15, 0.2) is 60.7 Å². The summed E-state index contributed by atoms with van der Waals surface area (Å²) >= 11 is 0. The van der Waals surface area contributed by atoms with Crippen LogP contribution in [0, 0.1) is 6.04 Å². The number of ether oxygens (including phenoxy) is 1. The van der Waals surface area contributed by atoms with Gasteiger partial charge < -0.3 is 15.7 Å². The first-order valence-corrected chi connectivity index (χ1v) is 11.2. The summed E-state index contributed by atoms with van der Waals surface area (Å²) < 4.78 is 5.48. The molecule has 1 fully saturated rings. The number of methoxy groups -OCH3 is 1. The minimum atomic E-state index is -1.91. The molecule has 1 saturated heterocycles. The molecule has 1 aliphatic rings. The summed E-state index contributed by atoms with van der Waals surface area (Å²) in [7, 11) is -0.0912. The van der Waals surface area contributed by atoms with Gasteiger partial charge in [-0.3, -0.25) is 0 Å². The van der Waals surface area contributed by atoms with Crippen molar-refractivity contribution in [2.75, 3.05) is 26.4 Å². The number of hydrogen-bond donors (Lipinski definition) is 0. The molecule has 1 atom stereocenters. The molecular weight excluding hydrogens is 317 g/mol. The van der Waals surface area contributed by atoms with E-state index in [2.05, 4.69) is 78.5 Å². The zero-order valence-corrected chi connectivity index (χ0v) is 16.8. The van der Waals surface area contributed by atoms with Gasteiger partial charge in [0.2, 0.25) is 0 Å². The van der Waals surface area contributed by atoms with E-state index in [1.165, 1.54) is 29.8 Å². The molecular formula is C21H28LiNOSi. The molecule has 1 aliphatic heterocycles. The van der Waals surface area contributed by atoms with Gasteiger partial charge in [-0.2, -0.15) is 6.92 Å². The van der Waals surface area contributed by atoms with E-state index in [0.717, 1.165) is 12.8 Å². The van der Waals surface area contributed by atoms with Crippen molar-refractivity contribution in [1.29, 1.82) is 0 Å². The van der Waals surface area contributed by atoms with Crippen LogP contribution in [-0.4, -0.2) is 45.4 Å². The fraction of sp³-hybridized carbons (Fsp3) is 0.381. The SMILES string of the molecule is C[CH-][Si](CN1CCC[C@H]1COC)(c1ccccc1)c1ccccc1.[Li+]. The minimum absolute atomic E-state index is 0. The summed E-state index contributed by atoms with van der Waals surface area (Å²) in [4.78, 5) is 2.68. The van der Waals surface area contributed by atoms with Crippen LogP contribution >= 0.6 is 0 Å². The fourth-order valence-corrected chi connectivity index (χ4v) is 8.23. The Morgan fingerprint density at radius 1 is 1.04 bits per heavy atom. The zero-order valence-electron chi connectivity index (χ0n) is 15.8. The summed E-state index contributed by atoms with van der Waals surface area (Å²) in [5.74, 6) is 0. The van der Waals surface area contributed by atoms with Crippen LogP contribution in [-0.2, 0) is 4.74 Å². The Balaban J connectivity index is 0.00000225. The third kappa shape index (κ3) is 4.48. The standard InChI is InChI=1S/C21H28NOSi.Li/c1-3-24(20-12-6-4-7-13-20,21-14-8-5-9-15-21)18-22-16-10-11-19(22)17-23-2;/h3-9,12-15,19H,10-11,16-18H2,1-2H3;/q-1;+1/t19-;/m0./s1.